The molecule has 1 N–H and O–H groups in total. The van der Waals surface area contributed by atoms with E-state index in [1.165, 1.54) is 5.56 Å². The first-order valence-electron chi connectivity index (χ1n) is 7.25. The Hall–Kier alpha value is -0.910. The molecule has 1 aromatic rings. The van der Waals surface area contributed by atoms with E-state index in [0.717, 1.165) is 31.4 Å². The molecule has 1 aromatic carbocycles. The maximum atomic E-state index is 12.5. The summed E-state index contributed by atoms with van der Waals surface area (Å²) < 4.78 is 26.7. The molecule has 1 unspecified atom stereocenters. The minimum Gasteiger partial charge on any atom is -0.316 e. The Morgan fingerprint density at radius 2 is 1.85 bits per heavy atom. The molecule has 0 saturated carbocycles. The summed E-state index contributed by atoms with van der Waals surface area (Å²) in [5.41, 5.74) is 2.03. The number of sulfonamides is 1. The first-order chi connectivity index (χ1) is 9.53. The molecule has 1 atom stereocenters. The molecule has 1 saturated heterocycles. The van der Waals surface area contributed by atoms with Crippen LogP contribution in [0.4, 0.5) is 0 Å². The monoisotopic (exact) mass is 296 g/mol. The van der Waals surface area contributed by atoms with Gasteiger partial charge in [0, 0.05) is 19.1 Å². The Morgan fingerprint density at radius 1 is 1.20 bits per heavy atom. The van der Waals surface area contributed by atoms with Crippen molar-refractivity contribution in [2.75, 3.05) is 13.6 Å². The van der Waals surface area contributed by atoms with Gasteiger partial charge >= 0.3 is 0 Å². The highest BCUT2D eigenvalue weighted by Gasteiger charge is 2.29. The molecule has 0 amide bonds. The molecule has 20 heavy (non-hydrogen) atoms. The average Bonchev–Trinajstić information content (AvgIpc) is 2.41. The van der Waals surface area contributed by atoms with E-state index >= 15 is 0 Å². The van der Waals surface area contributed by atoms with Crippen molar-refractivity contribution in [2.24, 2.45) is 0 Å². The summed E-state index contributed by atoms with van der Waals surface area (Å²) in [6, 6.07) is 7.94. The molecule has 0 radical (unpaired) electrons. The fourth-order valence-corrected chi connectivity index (χ4v) is 4.58. The number of rotatable bonds is 5. The molecule has 1 heterocycles. The molecule has 1 aliphatic heterocycles. The number of hydrogen-bond acceptors (Lipinski definition) is 3. The van der Waals surface area contributed by atoms with Gasteiger partial charge in [-0.25, -0.2) is 8.42 Å². The summed E-state index contributed by atoms with van der Waals surface area (Å²) >= 11 is 0. The van der Waals surface area contributed by atoms with Crippen LogP contribution in [-0.4, -0.2) is 32.4 Å². The van der Waals surface area contributed by atoms with Crippen molar-refractivity contribution >= 4 is 10.0 Å². The van der Waals surface area contributed by atoms with Gasteiger partial charge in [-0.05, 0) is 37.9 Å². The third kappa shape index (κ3) is 3.81. The summed E-state index contributed by atoms with van der Waals surface area (Å²) in [7, 11) is -1.29. The van der Waals surface area contributed by atoms with Crippen molar-refractivity contribution in [3.63, 3.8) is 0 Å². The molecular weight excluding hydrogens is 272 g/mol. The van der Waals surface area contributed by atoms with Crippen LogP contribution in [0.25, 0.3) is 0 Å². The summed E-state index contributed by atoms with van der Waals surface area (Å²) in [4.78, 5) is 0. The second kappa shape index (κ2) is 6.70. The second-order valence-electron chi connectivity index (χ2n) is 5.56. The lowest BCUT2D eigenvalue weighted by Gasteiger charge is -2.32. The standard InChI is InChI=1S/C15H24N2O2S/c1-13-5-3-4-10-17(13)20(18,19)12-15-8-6-14(7-9-15)11-16-2/h6-9,13,16H,3-5,10-12H2,1-2H3. The SMILES string of the molecule is CNCc1ccc(CS(=O)(=O)N2CCCCC2C)cc1. The van der Waals surface area contributed by atoms with Gasteiger partial charge in [-0.15, -0.1) is 0 Å². The Bertz CT molecular complexity index is 525. The van der Waals surface area contributed by atoms with Crippen LogP contribution in [0.5, 0.6) is 0 Å². The van der Waals surface area contributed by atoms with Gasteiger partial charge in [-0.3, -0.25) is 0 Å². The average molecular weight is 296 g/mol. The van der Waals surface area contributed by atoms with Gasteiger partial charge < -0.3 is 5.32 Å². The van der Waals surface area contributed by atoms with Gasteiger partial charge in [-0.2, -0.15) is 4.31 Å². The van der Waals surface area contributed by atoms with Crippen molar-refractivity contribution in [1.82, 2.24) is 9.62 Å². The van der Waals surface area contributed by atoms with Crippen LogP contribution >= 0.6 is 0 Å². The van der Waals surface area contributed by atoms with Crippen LogP contribution in [0.2, 0.25) is 0 Å². The van der Waals surface area contributed by atoms with Crippen LogP contribution < -0.4 is 5.32 Å². The summed E-state index contributed by atoms with van der Waals surface area (Å²) in [6.45, 7) is 3.48. The smallest absolute Gasteiger partial charge is 0.218 e. The molecule has 0 bridgehead atoms. The van der Waals surface area contributed by atoms with E-state index in [9.17, 15) is 8.42 Å². The van der Waals surface area contributed by atoms with E-state index in [1.54, 1.807) is 4.31 Å². The molecule has 0 spiro atoms. The van der Waals surface area contributed by atoms with E-state index in [1.807, 2.05) is 38.2 Å². The fourth-order valence-electron chi connectivity index (χ4n) is 2.74. The van der Waals surface area contributed by atoms with Gasteiger partial charge in [0.15, 0.2) is 0 Å². The molecule has 2 rings (SSSR count). The number of benzene rings is 1. The number of nitrogens with one attached hydrogen (secondary N) is 1. The normalized spacial score (nSPS) is 21.0. The van der Waals surface area contributed by atoms with Crippen molar-refractivity contribution in [3.05, 3.63) is 35.4 Å². The topological polar surface area (TPSA) is 49.4 Å². The van der Waals surface area contributed by atoms with Crippen LogP contribution in [0.15, 0.2) is 24.3 Å². The molecule has 5 heteroatoms. The predicted molar refractivity (Wildman–Crippen MR) is 81.8 cm³/mol. The first-order valence-corrected chi connectivity index (χ1v) is 8.86. The van der Waals surface area contributed by atoms with Crippen LogP contribution in [0, 0.1) is 0 Å². The third-order valence-corrected chi connectivity index (χ3v) is 5.81. The summed E-state index contributed by atoms with van der Waals surface area (Å²) in [6.07, 6.45) is 3.08. The quantitative estimate of drug-likeness (QED) is 0.905. The predicted octanol–water partition coefficient (Wildman–Crippen LogP) is 2.11. The van der Waals surface area contributed by atoms with Gasteiger partial charge in [-0.1, -0.05) is 30.7 Å². The zero-order valence-electron chi connectivity index (χ0n) is 12.3. The third-order valence-electron chi connectivity index (χ3n) is 3.85. The Morgan fingerprint density at radius 3 is 2.45 bits per heavy atom. The molecule has 112 valence electrons. The highest BCUT2D eigenvalue weighted by Crippen LogP contribution is 2.22. The second-order valence-corrected chi connectivity index (χ2v) is 7.48. The summed E-state index contributed by atoms with van der Waals surface area (Å²) in [5, 5.41) is 3.08. The van der Waals surface area contributed by atoms with Gasteiger partial charge in [0.25, 0.3) is 0 Å². The van der Waals surface area contributed by atoms with Crippen molar-refractivity contribution in [3.8, 4) is 0 Å². The molecule has 1 fully saturated rings. The maximum absolute atomic E-state index is 12.5. The van der Waals surface area contributed by atoms with Crippen molar-refractivity contribution < 1.29 is 8.42 Å². The molecule has 4 nitrogen and oxygen atoms in total. The Kier molecular flexibility index (Phi) is 5.18. The molecule has 0 aromatic heterocycles. The lowest BCUT2D eigenvalue weighted by molar-refractivity contribution is 0.268. The number of piperidine rings is 1. The fraction of sp³-hybridized carbons (Fsp3) is 0.600. The highest BCUT2D eigenvalue weighted by molar-refractivity contribution is 7.88. The van der Waals surface area contributed by atoms with Gasteiger partial charge in [0.2, 0.25) is 10.0 Å². The maximum Gasteiger partial charge on any atom is 0.218 e. The van der Waals surface area contributed by atoms with E-state index in [4.69, 9.17) is 0 Å². The Balaban J connectivity index is 2.07. The highest BCUT2D eigenvalue weighted by atomic mass is 32.2. The minimum absolute atomic E-state index is 0.108. The molecule has 1 aliphatic rings. The van der Waals surface area contributed by atoms with E-state index in [-0.39, 0.29) is 11.8 Å². The zero-order chi connectivity index (χ0) is 14.6. The molecule has 0 aliphatic carbocycles. The van der Waals surface area contributed by atoms with E-state index in [0.29, 0.717) is 6.54 Å². The minimum atomic E-state index is -3.19. The lowest BCUT2D eigenvalue weighted by atomic mass is 10.1. The number of nitrogens with zero attached hydrogens (tertiary/aromatic N) is 1. The van der Waals surface area contributed by atoms with Gasteiger partial charge in [0.1, 0.15) is 0 Å². The largest absolute Gasteiger partial charge is 0.316 e. The van der Waals surface area contributed by atoms with Gasteiger partial charge in [0.05, 0.1) is 5.75 Å². The zero-order valence-corrected chi connectivity index (χ0v) is 13.1. The number of hydrogen-bond donors (Lipinski definition) is 1. The van der Waals surface area contributed by atoms with Crippen molar-refractivity contribution in [2.45, 2.75) is 44.5 Å². The van der Waals surface area contributed by atoms with E-state index < -0.39 is 10.0 Å². The summed E-state index contributed by atoms with van der Waals surface area (Å²) in [5.74, 6) is 0.108. The van der Waals surface area contributed by atoms with Crippen LogP contribution in [0.1, 0.15) is 37.3 Å². The molecular formula is C15H24N2O2S. The first kappa shape index (κ1) is 15.5. The van der Waals surface area contributed by atoms with Crippen LogP contribution in [-0.2, 0) is 22.3 Å². The van der Waals surface area contributed by atoms with Crippen LogP contribution in [0.3, 0.4) is 0 Å². The Labute approximate surface area is 122 Å². The lowest BCUT2D eigenvalue weighted by Crippen LogP contribution is -2.42. The van der Waals surface area contributed by atoms with Crippen molar-refractivity contribution in [1.29, 1.82) is 0 Å². The van der Waals surface area contributed by atoms with E-state index in [2.05, 4.69) is 5.32 Å².